The number of halogens is 3. The van der Waals surface area contributed by atoms with Gasteiger partial charge in [0.2, 0.25) is 11.5 Å². The average Bonchev–Trinajstić information content (AvgIpc) is 3.46. The molecule has 6 rings (SSSR count). The van der Waals surface area contributed by atoms with E-state index in [1.165, 1.54) is 30.7 Å². The molecule has 0 fully saturated rings. The van der Waals surface area contributed by atoms with Gasteiger partial charge in [0.05, 0.1) is 32.9 Å². The number of benzene rings is 2. The van der Waals surface area contributed by atoms with Crippen molar-refractivity contribution in [2.75, 3.05) is 0 Å². The van der Waals surface area contributed by atoms with Gasteiger partial charge in [0, 0.05) is 23.7 Å². The summed E-state index contributed by atoms with van der Waals surface area (Å²) in [6.45, 7) is -0.575. The second kappa shape index (κ2) is 8.43. The second-order valence-electron chi connectivity index (χ2n) is 9.15. The van der Waals surface area contributed by atoms with Crippen LogP contribution in [0.5, 0.6) is 0 Å². The van der Waals surface area contributed by atoms with Crippen molar-refractivity contribution in [3.05, 3.63) is 76.9 Å². The van der Waals surface area contributed by atoms with Gasteiger partial charge in [-0.25, -0.2) is 15.0 Å². The second-order valence-corrected chi connectivity index (χ2v) is 9.15. The lowest BCUT2D eigenvalue weighted by molar-refractivity contribution is -0.294. The van der Waals surface area contributed by atoms with Crippen LogP contribution >= 0.6 is 0 Å². The minimum Gasteiger partial charge on any atom is -0.321 e. The van der Waals surface area contributed by atoms with E-state index in [0.717, 1.165) is 0 Å². The fourth-order valence-electron chi connectivity index (χ4n) is 5.24. The topological polar surface area (TPSA) is 116 Å². The number of imidazole rings is 1. The summed E-state index contributed by atoms with van der Waals surface area (Å²) in [5.74, 6) is -2.43. The molecule has 2 bridgehead atoms. The Morgan fingerprint density at radius 3 is 2.79 bits per heavy atom. The molecule has 4 heterocycles. The highest BCUT2D eigenvalue weighted by Gasteiger charge is 2.59. The number of ether oxygens (including phenoxy) is 1. The highest BCUT2D eigenvalue weighted by Crippen LogP contribution is 2.54. The smallest absolute Gasteiger partial charge is 0.321 e. The maximum Gasteiger partial charge on any atom is 0.347 e. The van der Waals surface area contributed by atoms with Crippen LogP contribution in [0.15, 0.2) is 48.6 Å². The van der Waals surface area contributed by atoms with Gasteiger partial charge in [0.25, 0.3) is 5.91 Å². The zero-order valence-electron chi connectivity index (χ0n) is 23.0. The molecule has 12 heteroatoms. The van der Waals surface area contributed by atoms with E-state index in [1.807, 2.05) is 0 Å². The predicted octanol–water partition coefficient (Wildman–Crippen LogP) is 4.06. The van der Waals surface area contributed by atoms with Crippen LogP contribution in [0.25, 0.3) is 22.3 Å². The van der Waals surface area contributed by atoms with Gasteiger partial charge in [-0.2, -0.15) is 8.78 Å². The Bertz CT molecular complexity index is 1800. The van der Waals surface area contributed by atoms with E-state index in [2.05, 4.69) is 15.0 Å². The molecule has 0 aliphatic carbocycles. The number of carbonyl (C=O) groups excluding carboxylic acids is 2. The standard InChI is InChI=1S/C26H21F3N6O3/c1-12-5-3-7-15-19(12)18-11-26(38-25(27)28,35(29)23(15)37)24-33-20-14(6-4-8-17(20)34(18)24)16-9-10-31-22(32-16)21(36)13(2)30/h3-10,13,18,25H,11,30H2,1-2H3/t13?,18-,26-/m1/s1/i3D,5D,7D. The number of rotatable bonds is 5. The van der Waals surface area contributed by atoms with E-state index >= 15 is 4.48 Å². The lowest BCUT2D eigenvalue weighted by Crippen LogP contribution is -2.46. The molecule has 2 N–H and O–H groups in total. The molecule has 0 spiro atoms. The summed E-state index contributed by atoms with van der Waals surface area (Å²) in [6.07, 6.45) is 0.833. The van der Waals surface area contributed by atoms with Crippen molar-refractivity contribution in [1.82, 2.24) is 24.6 Å². The molecule has 1 unspecified atom stereocenters. The zero-order chi connectivity index (χ0) is 29.5. The Hall–Kier alpha value is -4.16. The Morgan fingerprint density at radius 1 is 1.26 bits per heavy atom. The maximum atomic E-state index is 16.1. The van der Waals surface area contributed by atoms with Gasteiger partial charge in [0.15, 0.2) is 11.6 Å². The fourth-order valence-corrected chi connectivity index (χ4v) is 5.24. The van der Waals surface area contributed by atoms with Crippen LogP contribution in [0, 0.1) is 6.92 Å². The van der Waals surface area contributed by atoms with E-state index in [4.69, 9.17) is 14.6 Å². The third-order valence-corrected chi connectivity index (χ3v) is 6.85. The number of aromatic nitrogens is 4. The molecule has 9 nitrogen and oxygen atoms in total. The number of para-hydroxylation sites is 1. The fraction of sp³-hybridized carbons (Fsp3) is 0.269. The van der Waals surface area contributed by atoms with Crippen LogP contribution in [0.2, 0.25) is 0 Å². The first-order valence-corrected chi connectivity index (χ1v) is 11.6. The molecule has 1 amide bonds. The molecule has 0 saturated carbocycles. The van der Waals surface area contributed by atoms with Gasteiger partial charge in [-0.1, -0.05) is 28.7 Å². The van der Waals surface area contributed by atoms with Gasteiger partial charge in [-0.15, -0.1) is 5.12 Å². The van der Waals surface area contributed by atoms with Gasteiger partial charge in [0.1, 0.15) is 0 Å². The first-order valence-electron chi connectivity index (χ1n) is 13.1. The van der Waals surface area contributed by atoms with Crippen molar-refractivity contribution in [3.63, 3.8) is 0 Å². The quantitative estimate of drug-likeness (QED) is 0.309. The number of hydrogen-bond acceptors (Lipinski definition) is 7. The van der Waals surface area contributed by atoms with Crippen LogP contribution in [0.3, 0.4) is 0 Å². The summed E-state index contributed by atoms with van der Waals surface area (Å²) in [6, 6.07) is 2.81. The molecule has 4 aromatic rings. The number of nitrogens with zero attached hydrogens (tertiary/aromatic N) is 5. The first-order chi connectivity index (χ1) is 19.4. The summed E-state index contributed by atoms with van der Waals surface area (Å²) in [5.41, 5.74) is 3.81. The zero-order valence-corrected chi connectivity index (χ0v) is 20.0. The molecule has 3 atom stereocenters. The van der Waals surface area contributed by atoms with Crippen molar-refractivity contribution in [1.29, 1.82) is 0 Å². The number of hydrogen-bond donors (Lipinski definition) is 1. The number of amides is 1. The van der Waals surface area contributed by atoms with Crippen molar-refractivity contribution < 1.29 is 31.7 Å². The monoisotopic (exact) mass is 525 g/mol. The van der Waals surface area contributed by atoms with Crippen LogP contribution in [-0.4, -0.2) is 49.0 Å². The highest BCUT2D eigenvalue weighted by atomic mass is 19.3. The largest absolute Gasteiger partial charge is 0.347 e. The number of nitrogens with two attached hydrogens (primary N) is 1. The van der Waals surface area contributed by atoms with E-state index in [-0.39, 0.29) is 40.0 Å². The SMILES string of the molecule is [2H]c1c([2H])c(C)c2c(c1[2H])C(=O)N(F)[C@@]1(OC(F)F)C[C@H]2n2c1nc1c(-c3ccnc(C(=O)C(C)N)n3)cccc12. The van der Waals surface area contributed by atoms with Crippen LogP contribution in [0.1, 0.15) is 61.4 Å². The third kappa shape index (κ3) is 3.30. The van der Waals surface area contributed by atoms with Crippen LogP contribution in [-0.2, 0) is 10.5 Å². The van der Waals surface area contributed by atoms with Crippen molar-refractivity contribution in [3.8, 4) is 11.3 Å². The molecule has 38 heavy (non-hydrogen) atoms. The Morgan fingerprint density at radius 2 is 2.05 bits per heavy atom. The molecular formula is C26H21F3N6O3. The Labute approximate surface area is 218 Å². The summed E-state index contributed by atoms with van der Waals surface area (Å²) < 4.78 is 75.0. The maximum absolute atomic E-state index is 16.1. The van der Waals surface area contributed by atoms with Crippen LogP contribution < -0.4 is 5.73 Å². The minimum atomic E-state index is -3.52. The van der Waals surface area contributed by atoms with Crippen LogP contribution in [0.4, 0.5) is 13.3 Å². The van der Waals surface area contributed by atoms with E-state index < -0.39 is 65.3 Å². The number of carbonyl (C=O) groups is 2. The molecule has 0 saturated heterocycles. The van der Waals surface area contributed by atoms with E-state index in [9.17, 15) is 18.4 Å². The lowest BCUT2D eigenvalue weighted by atomic mass is 9.94. The third-order valence-electron chi connectivity index (χ3n) is 6.85. The Balaban J connectivity index is 1.67. The molecule has 2 aromatic carbocycles. The van der Waals surface area contributed by atoms with Gasteiger partial charge >= 0.3 is 6.61 Å². The molecule has 2 aliphatic rings. The van der Waals surface area contributed by atoms with E-state index in [1.54, 1.807) is 18.2 Å². The van der Waals surface area contributed by atoms with Gasteiger partial charge < -0.3 is 10.3 Å². The molecular weight excluding hydrogens is 501 g/mol. The number of fused-ring (bicyclic) bond motifs is 9. The molecule has 0 radical (unpaired) electrons. The molecule has 2 aliphatic heterocycles. The normalized spacial score (nSPS) is 22.1. The van der Waals surface area contributed by atoms with Crippen molar-refractivity contribution in [2.45, 2.75) is 44.7 Å². The summed E-state index contributed by atoms with van der Waals surface area (Å²) in [7, 11) is 0. The summed E-state index contributed by atoms with van der Waals surface area (Å²) >= 11 is 0. The van der Waals surface area contributed by atoms with Crippen molar-refractivity contribution in [2.24, 2.45) is 5.73 Å². The number of ketones is 1. The number of Topliss-reactive ketones (excluding diaryl/α,β-unsaturated/α-hetero) is 1. The first kappa shape index (κ1) is 20.8. The summed E-state index contributed by atoms with van der Waals surface area (Å²) in [4.78, 5) is 38.6. The average molecular weight is 526 g/mol. The van der Waals surface area contributed by atoms with Gasteiger partial charge in [-0.05, 0) is 43.1 Å². The van der Waals surface area contributed by atoms with Crippen molar-refractivity contribution >= 4 is 22.7 Å². The molecule has 194 valence electrons. The highest BCUT2D eigenvalue weighted by molar-refractivity contribution is 5.99. The Kier molecular flexibility index (Phi) is 4.63. The minimum absolute atomic E-state index is 0.0543. The number of alkyl halides is 2. The van der Waals surface area contributed by atoms with Gasteiger partial charge in [-0.3, -0.25) is 14.3 Å². The summed E-state index contributed by atoms with van der Waals surface area (Å²) in [5, 5.41) is -0.493. The predicted molar refractivity (Wildman–Crippen MR) is 129 cm³/mol. The lowest BCUT2D eigenvalue weighted by Gasteiger charge is -2.31. The van der Waals surface area contributed by atoms with E-state index in [0.29, 0.717) is 11.1 Å². The molecule has 2 aromatic heterocycles.